The molecule has 0 aliphatic rings. The van der Waals surface area contributed by atoms with E-state index in [9.17, 15) is 0 Å². The quantitative estimate of drug-likeness (QED) is 0.291. The standard InChI is InChI=1S/C21H34O4/c1-2-3-13-22-16-18-24-19-17-23-14-9-4-5-10-15-25-20-21-11-7-6-8-12-21/h2,6-8,11-12H,1,3-5,9-10,13-20H2. The Kier molecular flexibility index (Phi) is 15.4. The lowest BCUT2D eigenvalue weighted by atomic mass is 10.2. The second kappa shape index (κ2) is 17.6. The molecule has 0 bridgehead atoms. The van der Waals surface area contributed by atoms with Gasteiger partial charge in [-0.25, -0.2) is 0 Å². The molecule has 0 aliphatic carbocycles. The van der Waals surface area contributed by atoms with Crippen molar-refractivity contribution in [3.8, 4) is 0 Å². The normalized spacial score (nSPS) is 10.9. The average Bonchev–Trinajstić information content (AvgIpc) is 2.65. The van der Waals surface area contributed by atoms with Gasteiger partial charge in [0.25, 0.3) is 0 Å². The van der Waals surface area contributed by atoms with Gasteiger partial charge in [-0.2, -0.15) is 0 Å². The molecule has 0 amide bonds. The Hall–Kier alpha value is -1.20. The van der Waals surface area contributed by atoms with E-state index in [1.54, 1.807) is 0 Å². The molecule has 0 atom stereocenters. The van der Waals surface area contributed by atoms with Crippen LogP contribution in [0.2, 0.25) is 0 Å². The molecule has 0 fully saturated rings. The molecule has 0 heterocycles. The summed E-state index contributed by atoms with van der Waals surface area (Å²) in [6.45, 7) is 9.29. The number of ether oxygens (including phenoxy) is 4. The van der Waals surface area contributed by atoms with Crippen LogP contribution in [-0.2, 0) is 25.6 Å². The largest absolute Gasteiger partial charge is 0.379 e. The van der Waals surface area contributed by atoms with E-state index in [2.05, 4.69) is 18.7 Å². The summed E-state index contributed by atoms with van der Waals surface area (Å²) in [5.41, 5.74) is 1.24. The van der Waals surface area contributed by atoms with Crippen LogP contribution in [0, 0.1) is 0 Å². The van der Waals surface area contributed by atoms with Gasteiger partial charge >= 0.3 is 0 Å². The molecule has 0 saturated carbocycles. The fourth-order valence-corrected chi connectivity index (χ4v) is 2.23. The number of hydrogen-bond acceptors (Lipinski definition) is 4. The van der Waals surface area contributed by atoms with Crippen molar-refractivity contribution >= 4 is 0 Å². The SMILES string of the molecule is C=CCCOCCOCCOCCCCCCOCc1ccccc1. The molecule has 142 valence electrons. The Morgan fingerprint density at radius 3 is 1.84 bits per heavy atom. The van der Waals surface area contributed by atoms with Crippen molar-refractivity contribution < 1.29 is 18.9 Å². The highest BCUT2D eigenvalue weighted by molar-refractivity contribution is 5.13. The zero-order chi connectivity index (χ0) is 17.8. The molecule has 0 aliphatic heterocycles. The second-order valence-electron chi connectivity index (χ2n) is 5.87. The van der Waals surface area contributed by atoms with Gasteiger partial charge in [-0.15, -0.1) is 6.58 Å². The number of benzene rings is 1. The third-order valence-corrected chi connectivity index (χ3v) is 3.65. The van der Waals surface area contributed by atoms with Gasteiger partial charge in [-0.05, 0) is 24.8 Å². The lowest BCUT2D eigenvalue weighted by Gasteiger charge is -2.07. The lowest BCUT2D eigenvalue weighted by Crippen LogP contribution is -2.10. The van der Waals surface area contributed by atoms with Gasteiger partial charge in [0.1, 0.15) is 0 Å². The maximum Gasteiger partial charge on any atom is 0.0716 e. The maximum absolute atomic E-state index is 5.67. The first-order chi connectivity index (χ1) is 12.4. The van der Waals surface area contributed by atoms with Gasteiger partial charge in [0.15, 0.2) is 0 Å². The van der Waals surface area contributed by atoms with Crippen LogP contribution in [0.1, 0.15) is 37.7 Å². The summed E-state index contributed by atoms with van der Waals surface area (Å²) in [7, 11) is 0. The number of rotatable bonds is 18. The lowest BCUT2D eigenvalue weighted by molar-refractivity contribution is 0.0146. The Morgan fingerprint density at radius 2 is 1.20 bits per heavy atom. The van der Waals surface area contributed by atoms with Crippen LogP contribution in [0.5, 0.6) is 0 Å². The molecule has 1 rings (SSSR count). The summed E-state index contributed by atoms with van der Waals surface area (Å²) in [5.74, 6) is 0. The number of unbranched alkanes of at least 4 members (excludes halogenated alkanes) is 3. The summed E-state index contributed by atoms with van der Waals surface area (Å²) in [6, 6.07) is 10.3. The average molecular weight is 350 g/mol. The Labute approximate surface area is 153 Å². The van der Waals surface area contributed by atoms with E-state index >= 15 is 0 Å². The first-order valence-corrected chi connectivity index (χ1v) is 9.39. The van der Waals surface area contributed by atoms with Gasteiger partial charge in [0.2, 0.25) is 0 Å². The van der Waals surface area contributed by atoms with Crippen LogP contribution in [0.15, 0.2) is 43.0 Å². The van der Waals surface area contributed by atoms with E-state index < -0.39 is 0 Å². The Morgan fingerprint density at radius 1 is 0.640 bits per heavy atom. The van der Waals surface area contributed by atoms with E-state index in [1.807, 2.05) is 24.3 Å². The van der Waals surface area contributed by atoms with Crippen LogP contribution in [0.4, 0.5) is 0 Å². The van der Waals surface area contributed by atoms with Crippen LogP contribution >= 0.6 is 0 Å². The number of hydrogen-bond donors (Lipinski definition) is 0. The second-order valence-corrected chi connectivity index (χ2v) is 5.87. The molecule has 0 saturated heterocycles. The van der Waals surface area contributed by atoms with Crippen molar-refractivity contribution in [2.75, 3.05) is 46.2 Å². The zero-order valence-electron chi connectivity index (χ0n) is 15.5. The first kappa shape index (κ1) is 21.8. The van der Waals surface area contributed by atoms with Crippen molar-refractivity contribution in [2.45, 2.75) is 38.7 Å². The molecule has 0 unspecified atom stereocenters. The fourth-order valence-electron chi connectivity index (χ4n) is 2.23. The van der Waals surface area contributed by atoms with Crippen molar-refractivity contribution in [1.82, 2.24) is 0 Å². The van der Waals surface area contributed by atoms with Crippen LogP contribution in [0.3, 0.4) is 0 Å². The summed E-state index contributed by atoms with van der Waals surface area (Å²) in [4.78, 5) is 0. The molecule has 0 spiro atoms. The van der Waals surface area contributed by atoms with Crippen LogP contribution in [0.25, 0.3) is 0 Å². The summed E-state index contributed by atoms with van der Waals surface area (Å²) in [6.07, 6.45) is 7.34. The smallest absolute Gasteiger partial charge is 0.0716 e. The van der Waals surface area contributed by atoms with Crippen LogP contribution < -0.4 is 0 Å². The monoisotopic (exact) mass is 350 g/mol. The molecular weight excluding hydrogens is 316 g/mol. The topological polar surface area (TPSA) is 36.9 Å². The van der Waals surface area contributed by atoms with E-state index in [0.29, 0.717) is 33.0 Å². The predicted molar refractivity (Wildman–Crippen MR) is 102 cm³/mol. The summed E-state index contributed by atoms with van der Waals surface area (Å²) < 4.78 is 22.0. The Balaban J connectivity index is 1.70. The molecule has 0 aromatic heterocycles. The predicted octanol–water partition coefficient (Wildman–Crippen LogP) is 4.39. The zero-order valence-corrected chi connectivity index (χ0v) is 15.5. The van der Waals surface area contributed by atoms with Gasteiger partial charge in [-0.3, -0.25) is 0 Å². The molecule has 1 aromatic rings. The third-order valence-electron chi connectivity index (χ3n) is 3.65. The van der Waals surface area contributed by atoms with Gasteiger partial charge in [0, 0.05) is 13.2 Å². The molecular formula is C21H34O4. The summed E-state index contributed by atoms with van der Waals surface area (Å²) in [5, 5.41) is 0. The molecule has 0 radical (unpaired) electrons. The third kappa shape index (κ3) is 14.8. The fraction of sp³-hybridized carbons (Fsp3) is 0.619. The molecule has 25 heavy (non-hydrogen) atoms. The van der Waals surface area contributed by atoms with Crippen molar-refractivity contribution in [1.29, 1.82) is 0 Å². The highest BCUT2D eigenvalue weighted by atomic mass is 16.5. The van der Waals surface area contributed by atoms with Crippen molar-refractivity contribution in [2.24, 2.45) is 0 Å². The van der Waals surface area contributed by atoms with Crippen LogP contribution in [-0.4, -0.2) is 46.2 Å². The van der Waals surface area contributed by atoms with E-state index in [-0.39, 0.29) is 0 Å². The van der Waals surface area contributed by atoms with Gasteiger partial charge in [-0.1, -0.05) is 49.2 Å². The van der Waals surface area contributed by atoms with Crippen molar-refractivity contribution in [3.05, 3.63) is 48.6 Å². The van der Waals surface area contributed by atoms with E-state index in [1.165, 1.54) is 18.4 Å². The van der Waals surface area contributed by atoms with Gasteiger partial charge < -0.3 is 18.9 Å². The van der Waals surface area contributed by atoms with Crippen molar-refractivity contribution in [3.63, 3.8) is 0 Å². The molecule has 4 nitrogen and oxygen atoms in total. The van der Waals surface area contributed by atoms with Gasteiger partial charge in [0.05, 0.1) is 39.6 Å². The van der Waals surface area contributed by atoms with E-state index in [4.69, 9.17) is 18.9 Å². The van der Waals surface area contributed by atoms with E-state index in [0.717, 1.165) is 39.1 Å². The molecule has 1 aromatic carbocycles. The highest BCUT2D eigenvalue weighted by Gasteiger charge is 1.95. The minimum Gasteiger partial charge on any atom is -0.379 e. The Bertz CT molecular complexity index is 394. The molecule has 0 N–H and O–H groups in total. The maximum atomic E-state index is 5.67. The molecule has 4 heteroatoms. The first-order valence-electron chi connectivity index (χ1n) is 9.39. The minimum atomic E-state index is 0.628. The summed E-state index contributed by atoms with van der Waals surface area (Å²) >= 11 is 0. The highest BCUT2D eigenvalue weighted by Crippen LogP contribution is 2.04. The minimum absolute atomic E-state index is 0.628.